The van der Waals surface area contributed by atoms with Crippen LogP contribution in [0.5, 0.6) is 23.0 Å². The van der Waals surface area contributed by atoms with Gasteiger partial charge >= 0.3 is 0 Å². The van der Waals surface area contributed by atoms with Crippen LogP contribution in [0.25, 0.3) is 11.0 Å². The molecule has 0 radical (unpaired) electrons. The fourth-order valence-electron chi connectivity index (χ4n) is 2.27. The van der Waals surface area contributed by atoms with E-state index in [0.717, 1.165) is 4.90 Å². The number of hydrogen-bond acceptors (Lipinski definition) is 7. The maximum Gasteiger partial charge on any atom is 0.204 e. The fraction of sp³-hybridized carbons (Fsp3) is 0.118. The van der Waals surface area contributed by atoms with E-state index in [-0.39, 0.29) is 34.0 Å². The lowest BCUT2D eigenvalue weighted by molar-refractivity contribution is 0.334. The van der Waals surface area contributed by atoms with Gasteiger partial charge in [0.2, 0.25) is 5.75 Å². The Morgan fingerprint density at radius 3 is 2.38 bits per heavy atom. The average Bonchev–Trinajstić information content (AvgIpc) is 2.56. The average molecular weight is 346 g/mol. The van der Waals surface area contributed by atoms with Crippen LogP contribution in [-0.2, 0) is 0 Å². The van der Waals surface area contributed by atoms with Crippen molar-refractivity contribution in [2.24, 2.45) is 0 Å². The highest BCUT2D eigenvalue weighted by Gasteiger charge is 2.19. The molecule has 0 fully saturated rings. The zero-order valence-corrected chi connectivity index (χ0v) is 13.7. The van der Waals surface area contributed by atoms with Crippen LogP contribution >= 0.6 is 11.8 Å². The van der Waals surface area contributed by atoms with Gasteiger partial charge in [-0.15, -0.1) is 0 Å². The molecule has 0 aliphatic heterocycles. The molecule has 124 valence electrons. The van der Waals surface area contributed by atoms with E-state index >= 15 is 0 Å². The Balaban J connectivity index is 2.12. The second-order valence-electron chi connectivity index (χ2n) is 4.86. The van der Waals surface area contributed by atoms with Crippen LogP contribution in [0.4, 0.5) is 0 Å². The molecule has 0 saturated heterocycles. The van der Waals surface area contributed by atoms with E-state index in [2.05, 4.69) is 0 Å². The molecule has 0 aliphatic rings. The SMILES string of the molecule is COc1cc2oc(Sc3ccc(O)cc3)cc(=O)c2c(O)c1OC. The molecule has 0 amide bonds. The van der Waals surface area contributed by atoms with E-state index in [9.17, 15) is 15.0 Å². The van der Waals surface area contributed by atoms with E-state index in [1.165, 1.54) is 38.1 Å². The van der Waals surface area contributed by atoms with Crippen molar-refractivity contribution >= 4 is 22.7 Å². The summed E-state index contributed by atoms with van der Waals surface area (Å²) >= 11 is 1.22. The number of rotatable bonds is 4. The molecule has 7 heteroatoms. The van der Waals surface area contributed by atoms with Gasteiger partial charge in [0.15, 0.2) is 22.0 Å². The predicted octanol–water partition coefficient (Wildman–Crippen LogP) is 3.37. The third-order valence-electron chi connectivity index (χ3n) is 3.37. The first kappa shape index (κ1) is 16.1. The number of benzene rings is 2. The number of methoxy groups -OCH3 is 2. The smallest absolute Gasteiger partial charge is 0.204 e. The molecule has 6 nitrogen and oxygen atoms in total. The number of phenols is 2. The second-order valence-corrected chi connectivity index (χ2v) is 5.94. The van der Waals surface area contributed by atoms with Gasteiger partial charge in [-0.2, -0.15) is 0 Å². The van der Waals surface area contributed by atoms with Crippen molar-refractivity contribution in [3.05, 3.63) is 46.6 Å². The van der Waals surface area contributed by atoms with Gasteiger partial charge in [0.25, 0.3) is 0 Å². The number of fused-ring (bicyclic) bond motifs is 1. The lowest BCUT2D eigenvalue weighted by Gasteiger charge is -2.11. The summed E-state index contributed by atoms with van der Waals surface area (Å²) in [6.07, 6.45) is 0. The normalized spacial score (nSPS) is 10.8. The highest BCUT2D eigenvalue weighted by atomic mass is 32.2. The summed E-state index contributed by atoms with van der Waals surface area (Å²) in [5.41, 5.74) is -0.199. The van der Waals surface area contributed by atoms with Gasteiger partial charge in [-0.05, 0) is 24.3 Å². The molecule has 0 bridgehead atoms. The summed E-state index contributed by atoms with van der Waals surface area (Å²) in [5, 5.41) is 19.9. The van der Waals surface area contributed by atoms with Gasteiger partial charge in [-0.3, -0.25) is 4.79 Å². The number of hydrogen-bond donors (Lipinski definition) is 2. The Hall–Kier alpha value is -2.80. The van der Waals surface area contributed by atoms with Crippen LogP contribution in [0.3, 0.4) is 0 Å². The molecule has 0 aliphatic carbocycles. The first-order chi connectivity index (χ1) is 11.5. The Bertz CT molecular complexity index is 946. The van der Waals surface area contributed by atoms with E-state index in [1.54, 1.807) is 24.3 Å². The summed E-state index contributed by atoms with van der Waals surface area (Å²) in [7, 11) is 2.80. The molecular formula is C17H14O6S. The molecule has 1 heterocycles. The molecule has 3 rings (SSSR count). The first-order valence-corrected chi connectivity index (χ1v) is 7.74. The van der Waals surface area contributed by atoms with Crippen LogP contribution in [-0.4, -0.2) is 24.4 Å². The predicted molar refractivity (Wildman–Crippen MR) is 89.5 cm³/mol. The van der Waals surface area contributed by atoms with Gasteiger partial charge in [-0.25, -0.2) is 0 Å². The lowest BCUT2D eigenvalue weighted by Crippen LogP contribution is -2.02. The summed E-state index contributed by atoms with van der Waals surface area (Å²) in [4.78, 5) is 13.2. The van der Waals surface area contributed by atoms with Gasteiger partial charge in [0.1, 0.15) is 16.7 Å². The van der Waals surface area contributed by atoms with Crippen molar-refractivity contribution in [3.63, 3.8) is 0 Å². The van der Waals surface area contributed by atoms with Crippen LogP contribution in [0, 0.1) is 0 Å². The largest absolute Gasteiger partial charge is 0.508 e. The van der Waals surface area contributed by atoms with Crippen molar-refractivity contribution in [2.45, 2.75) is 9.99 Å². The maximum absolute atomic E-state index is 12.4. The van der Waals surface area contributed by atoms with Crippen LogP contribution in [0.15, 0.2) is 55.6 Å². The Labute approximate surface area is 141 Å². The van der Waals surface area contributed by atoms with Gasteiger partial charge < -0.3 is 24.1 Å². The zero-order valence-electron chi connectivity index (χ0n) is 12.9. The van der Waals surface area contributed by atoms with Gasteiger partial charge in [-0.1, -0.05) is 11.8 Å². The zero-order chi connectivity index (χ0) is 17.3. The molecule has 0 saturated carbocycles. The highest BCUT2D eigenvalue weighted by Crippen LogP contribution is 2.42. The van der Waals surface area contributed by atoms with Crippen molar-refractivity contribution in [2.75, 3.05) is 14.2 Å². The third kappa shape index (κ3) is 2.85. The molecule has 24 heavy (non-hydrogen) atoms. The highest BCUT2D eigenvalue weighted by molar-refractivity contribution is 7.99. The van der Waals surface area contributed by atoms with Crippen molar-refractivity contribution in [1.29, 1.82) is 0 Å². The van der Waals surface area contributed by atoms with Crippen LogP contribution in [0.2, 0.25) is 0 Å². The van der Waals surface area contributed by atoms with Crippen molar-refractivity contribution in [1.82, 2.24) is 0 Å². The fourth-order valence-corrected chi connectivity index (χ4v) is 3.07. The molecule has 0 atom stereocenters. The summed E-state index contributed by atoms with van der Waals surface area (Å²) in [6, 6.07) is 9.29. The summed E-state index contributed by atoms with van der Waals surface area (Å²) in [5.74, 6) is 0.177. The van der Waals surface area contributed by atoms with Gasteiger partial charge in [0, 0.05) is 17.0 Å². The molecule has 0 unspecified atom stereocenters. The number of aromatic hydroxyl groups is 2. The molecule has 3 aromatic rings. The Morgan fingerprint density at radius 1 is 1.04 bits per heavy atom. The third-order valence-corrected chi connectivity index (χ3v) is 4.28. The molecule has 0 spiro atoms. The van der Waals surface area contributed by atoms with Crippen LogP contribution < -0.4 is 14.9 Å². The maximum atomic E-state index is 12.4. The van der Waals surface area contributed by atoms with E-state index in [4.69, 9.17) is 13.9 Å². The van der Waals surface area contributed by atoms with Crippen molar-refractivity contribution < 1.29 is 24.1 Å². The van der Waals surface area contributed by atoms with E-state index in [1.807, 2.05) is 0 Å². The van der Waals surface area contributed by atoms with Crippen LogP contribution in [0.1, 0.15) is 0 Å². The van der Waals surface area contributed by atoms with E-state index in [0.29, 0.717) is 5.09 Å². The second kappa shape index (κ2) is 6.37. The van der Waals surface area contributed by atoms with Crippen molar-refractivity contribution in [3.8, 4) is 23.0 Å². The minimum atomic E-state index is -0.393. The van der Waals surface area contributed by atoms with E-state index < -0.39 is 5.43 Å². The first-order valence-electron chi connectivity index (χ1n) is 6.92. The standard InChI is InChI=1S/C17H14O6S/c1-21-13-8-12-15(16(20)17(13)22-2)11(19)7-14(23-12)24-10-5-3-9(18)4-6-10/h3-8,18,20H,1-2H3. The minimum absolute atomic E-state index is 0.0303. The Morgan fingerprint density at radius 2 is 1.75 bits per heavy atom. The summed E-state index contributed by atoms with van der Waals surface area (Å²) in [6.45, 7) is 0. The lowest BCUT2D eigenvalue weighted by atomic mass is 10.2. The monoisotopic (exact) mass is 346 g/mol. The number of phenolic OH excluding ortho intramolecular Hbond substituents is 2. The summed E-state index contributed by atoms with van der Waals surface area (Å²) < 4.78 is 15.9. The van der Waals surface area contributed by atoms with Gasteiger partial charge in [0.05, 0.1) is 14.2 Å². The Kier molecular flexibility index (Phi) is 4.26. The topological polar surface area (TPSA) is 89.1 Å². The molecular weight excluding hydrogens is 332 g/mol. The minimum Gasteiger partial charge on any atom is -0.508 e. The molecule has 1 aromatic heterocycles. The molecule has 2 N–H and O–H groups in total. The number of ether oxygens (including phenoxy) is 2. The molecule has 2 aromatic carbocycles. The quantitative estimate of drug-likeness (QED) is 0.748.